The molecule has 4 rings (SSSR count). The van der Waals surface area contributed by atoms with Crippen molar-refractivity contribution in [2.75, 3.05) is 13.1 Å². The molecule has 0 aliphatic carbocycles. The molecule has 11 heteroatoms. The van der Waals surface area contributed by atoms with E-state index in [9.17, 15) is 13.2 Å². The monoisotopic (exact) mass is 450 g/mol. The van der Waals surface area contributed by atoms with Crippen molar-refractivity contribution in [3.63, 3.8) is 0 Å². The molecule has 0 radical (unpaired) electrons. The highest BCUT2D eigenvalue weighted by atomic mass is 32.2. The van der Waals surface area contributed by atoms with Gasteiger partial charge in [-0.1, -0.05) is 5.16 Å². The Morgan fingerprint density at radius 3 is 2.73 bits per heavy atom. The van der Waals surface area contributed by atoms with Gasteiger partial charge in [0, 0.05) is 30.8 Å². The fourth-order valence-electron chi connectivity index (χ4n) is 3.46. The minimum Gasteiger partial charge on any atom is -0.467 e. The Morgan fingerprint density at radius 1 is 1.33 bits per heavy atom. The Balaban J connectivity index is 1.40. The van der Waals surface area contributed by atoms with E-state index in [0.717, 1.165) is 0 Å². The molecule has 1 saturated heterocycles. The summed E-state index contributed by atoms with van der Waals surface area (Å²) in [6.45, 7) is 4.38. The molecular formula is C19H22N4O5S2. The molecule has 3 aromatic rings. The molecule has 0 atom stereocenters. The fourth-order valence-corrected chi connectivity index (χ4v) is 6.42. The zero-order valence-corrected chi connectivity index (χ0v) is 18.3. The smallest absolute Gasteiger partial charge is 0.244 e. The maximum absolute atomic E-state index is 13.2. The van der Waals surface area contributed by atoms with Crippen LogP contribution in [-0.2, 0) is 21.4 Å². The number of thiophene rings is 1. The molecule has 0 aromatic carbocycles. The average Bonchev–Trinajstić information content (AvgIpc) is 3.47. The Hall–Kier alpha value is -2.50. The highest BCUT2D eigenvalue weighted by molar-refractivity contribution is 7.89. The highest BCUT2D eigenvalue weighted by Crippen LogP contribution is 2.34. The molecule has 9 nitrogen and oxygen atoms in total. The first-order valence-corrected chi connectivity index (χ1v) is 11.8. The summed E-state index contributed by atoms with van der Waals surface area (Å²) in [5, 5.41) is 6.72. The van der Waals surface area contributed by atoms with Gasteiger partial charge in [-0.05, 0) is 38.0 Å². The molecule has 0 saturated carbocycles. The van der Waals surface area contributed by atoms with E-state index >= 15 is 0 Å². The molecule has 0 unspecified atom stereocenters. The van der Waals surface area contributed by atoms with Crippen LogP contribution >= 0.6 is 11.3 Å². The van der Waals surface area contributed by atoms with Crippen LogP contribution in [0.3, 0.4) is 0 Å². The Kier molecular flexibility index (Phi) is 5.76. The van der Waals surface area contributed by atoms with E-state index in [1.165, 1.54) is 15.6 Å². The molecule has 30 heavy (non-hydrogen) atoms. The third kappa shape index (κ3) is 4.18. The Morgan fingerprint density at radius 2 is 2.10 bits per heavy atom. The third-order valence-corrected chi connectivity index (χ3v) is 8.28. The first-order chi connectivity index (χ1) is 14.3. The number of sulfonamides is 1. The van der Waals surface area contributed by atoms with Crippen LogP contribution in [0.1, 0.15) is 29.4 Å². The van der Waals surface area contributed by atoms with Crippen molar-refractivity contribution in [1.82, 2.24) is 19.8 Å². The largest absolute Gasteiger partial charge is 0.467 e. The molecule has 0 spiro atoms. The molecular weight excluding hydrogens is 428 g/mol. The lowest BCUT2D eigenvalue weighted by Crippen LogP contribution is -2.42. The first kappa shape index (κ1) is 20.8. The second-order valence-corrected chi connectivity index (χ2v) is 10.3. The second-order valence-electron chi connectivity index (χ2n) is 7.14. The first-order valence-electron chi connectivity index (χ1n) is 9.56. The van der Waals surface area contributed by atoms with Gasteiger partial charge in [-0.15, -0.1) is 11.3 Å². The van der Waals surface area contributed by atoms with Crippen LogP contribution in [0, 0.1) is 19.8 Å². The van der Waals surface area contributed by atoms with Crippen LogP contribution in [0.4, 0.5) is 0 Å². The maximum atomic E-state index is 13.2. The zero-order chi connectivity index (χ0) is 21.3. The van der Waals surface area contributed by atoms with Gasteiger partial charge in [-0.25, -0.2) is 8.42 Å². The van der Waals surface area contributed by atoms with Gasteiger partial charge >= 0.3 is 0 Å². The molecule has 160 valence electrons. The predicted molar refractivity (Wildman–Crippen MR) is 109 cm³/mol. The molecule has 3 aromatic heterocycles. The summed E-state index contributed by atoms with van der Waals surface area (Å²) in [5.74, 6) is 1.20. The van der Waals surface area contributed by atoms with Crippen LogP contribution in [0.25, 0.3) is 10.7 Å². The summed E-state index contributed by atoms with van der Waals surface area (Å²) >= 11 is 1.32. The van der Waals surface area contributed by atoms with Crippen molar-refractivity contribution in [1.29, 1.82) is 0 Å². The third-order valence-electron chi connectivity index (χ3n) is 5.08. The van der Waals surface area contributed by atoms with Gasteiger partial charge in [-0.2, -0.15) is 9.29 Å². The van der Waals surface area contributed by atoms with E-state index in [4.69, 9.17) is 8.94 Å². The van der Waals surface area contributed by atoms with Gasteiger partial charge in [0.2, 0.25) is 27.6 Å². The van der Waals surface area contributed by atoms with Crippen LogP contribution in [-0.4, -0.2) is 41.9 Å². The number of aryl methyl sites for hydroxylation is 2. The standard InChI is InChI=1S/C19H22N4O5S2/c1-12-17(10-16(29-12)18-21-13(2)28-22-18)30(25,26)23-7-5-14(6-8-23)19(24)20-11-15-4-3-9-27-15/h3-4,9-10,14H,5-8,11H2,1-2H3,(H,20,24). The van der Waals surface area contributed by atoms with E-state index in [-0.39, 0.29) is 16.7 Å². The number of carbonyl (C=O) groups is 1. The van der Waals surface area contributed by atoms with Crippen LogP contribution in [0.5, 0.6) is 0 Å². The number of aromatic nitrogens is 2. The number of furan rings is 1. The van der Waals surface area contributed by atoms with E-state index in [0.29, 0.717) is 59.7 Å². The van der Waals surface area contributed by atoms with Crippen molar-refractivity contribution < 1.29 is 22.2 Å². The Labute approximate surface area is 178 Å². The van der Waals surface area contributed by atoms with E-state index < -0.39 is 10.0 Å². The highest BCUT2D eigenvalue weighted by Gasteiger charge is 2.34. The number of amides is 1. The van der Waals surface area contributed by atoms with Crippen molar-refractivity contribution >= 4 is 27.3 Å². The van der Waals surface area contributed by atoms with Gasteiger partial charge in [0.25, 0.3) is 0 Å². The summed E-state index contributed by atoms with van der Waals surface area (Å²) in [4.78, 5) is 18.1. The summed E-state index contributed by atoms with van der Waals surface area (Å²) < 4.78 is 38.0. The quantitative estimate of drug-likeness (QED) is 0.613. The maximum Gasteiger partial charge on any atom is 0.244 e. The summed E-state index contributed by atoms with van der Waals surface area (Å²) in [6.07, 6.45) is 2.51. The Bertz CT molecular complexity index is 1130. The molecule has 1 fully saturated rings. The van der Waals surface area contributed by atoms with Gasteiger partial charge in [0.05, 0.1) is 22.6 Å². The molecule has 1 aliphatic heterocycles. The second kappa shape index (κ2) is 8.32. The topological polar surface area (TPSA) is 119 Å². The molecule has 1 amide bonds. The minimum atomic E-state index is -3.66. The van der Waals surface area contributed by atoms with Gasteiger partial charge < -0.3 is 14.3 Å². The van der Waals surface area contributed by atoms with Crippen LogP contribution in [0.15, 0.2) is 38.3 Å². The van der Waals surface area contributed by atoms with Crippen molar-refractivity contribution in [3.05, 3.63) is 41.0 Å². The van der Waals surface area contributed by atoms with E-state index in [2.05, 4.69) is 15.5 Å². The lowest BCUT2D eigenvalue weighted by atomic mass is 9.97. The lowest BCUT2D eigenvalue weighted by Gasteiger charge is -2.30. The number of nitrogens with zero attached hydrogens (tertiary/aromatic N) is 3. The number of nitrogens with one attached hydrogen (secondary N) is 1. The number of hydrogen-bond donors (Lipinski definition) is 1. The van der Waals surface area contributed by atoms with Crippen molar-refractivity contribution in [2.24, 2.45) is 5.92 Å². The summed E-state index contributed by atoms with van der Waals surface area (Å²) in [7, 11) is -3.66. The number of rotatable bonds is 6. The molecule has 0 bridgehead atoms. The minimum absolute atomic E-state index is 0.0788. The number of carbonyl (C=O) groups excluding carboxylic acids is 1. The summed E-state index contributed by atoms with van der Waals surface area (Å²) in [5.41, 5.74) is 0. The summed E-state index contributed by atoms with van der Waals surface area (Å²) in [6, 6.07) is 5.16. The van der Waals surface area contributed by atoms with Gasteiger partial charge in [0.1, 0.15) is 5.76 Å². The van der Waals surface area contributed by atoms with Crippen molar-refractivity contribution in [2.45, 2.75) is 38.1 Å². The lowest BCUT2D eigenvalue weighted by molar-refractivity contribution is -0.126. The van der Waals surface area contributed by atoms with E-state index in [1.54, 1.807) is 38.3 Å². The molecule has 1 aliphatic rings. The van der Waals surface area contributed by atoms with Crippen LogP contribution < -0.4 is 5.32 Å². The average molecular weight is 451 g/mol. The van der Waals surface area contributed by atoms with E-state index in [1.807, 2.05) is 0 Å². The number of piperidine rings is 1. The molecule has 1 N–H and O–H groups in total. The fraction of sp³-hybridized carbons (Fsp3) is 0.421. The SMILES string of the molecule is Cc1nc(-c2cc(S(=O)(=O)N3CCC(C(=O)NCc4ccco4)CC3)c(C)s2)no1. The predicted octanol–water partition coefficient (Wildman–Crippen LogP) is 2.73. The van der Waals surface area contributed by atoms with Crippen LogP contribution in [0.2, 0.25) is 0 Å². The zero-order valence-electron chi connectivity index (χ0n) is 16.6. The molecule has 4 heterocycles. The van der Waals surface area contributed by atoms with Crippen molar-refractivity contribution in [3.8, 4) is 10.7 Å². The van der Waals surface area contributed by atoms with Gasteiger partial charge in [0.15, 0.2) is 0 Å². The normalized spacial score (nSPS) is 16.1. The van der Waals surface area contributed by atoms with Gasteiger partial charge in [-0.3, -0.25) is 4.79 Å². The number of hydrogen-bond acceptors (Lipinski definition) is 8.